The first-order valence-corrected chi connectivity index (χ1v) is 8.69. The zero-order chi connectivity index (χ0) is 13.0. The van der Waals surface area contributed by atoms with Crippen LogP contribution < -0.4 is 0 Å². The predicted molar refractivity (Wildman–Crippen MR) is 83.7 cm³/mol. The molecule has 0 spiro atoms. The van der Waals surface area contributed by atoms with Gasteiger partial charge in [-0.25, -0.2) is 0 Å². The summed E-state index contributed by atoms with van der Waals surface area (Å²) in [7, 11) is 0. The summed E-state index contributed by atoms with van der Waals surface area (Å²) in [5.74, 6) is 0. The zero-order valence-electron chi connectivity index (χ0n) is 12.4. The lowest BCUT2D eigenvalue weighted by Gasteiger charge is -2.21. The highest BCUT2D eigenvalue weighted by Crippen LogP contribution is 2.27. The summed E-state index contributed by atoms with van der Waals surface area (Å²) < 4.78 is 0.494. The standard InChI is InChI=1S/C16H33S/c1-5-6-7-8-9-10-11-12-13-14-15-16(2,3)17-4/h1,5-15H2,2-4H3. The third kappa shape index (κ3) is 12.6. The first-order chi connectivity index (χ1) is 8.12. The van der Waals surface area contributed by atoms with Crippen molar-refractivity contribution < 1.29 is 0 Å². The van der Waals surface area contributed by atoms with E-state index in [0.29, 0.717) is 4.75 Å². The van der Waals surface area contributed by atoms with Crippen molar-refractivity contribution >= 4 is 11.8 Å². The molecule has 0 aromatic carbocycles. The SMILES string of the molecule is [CH2]CCCCCCCCCCCC(C)(C)SC. The molecule has 0 atom stereocenters. The summed E-state index contributed by atoms with van der Waals surface area (Å²) in [5.41, 5.74) is 0. The number of hydrogen-bond donors (Lipinski definition) is 0. The van der Waals surface area contributed by atoms with E-state index in [9.17, 15) is 0 Å². The molecule has 1 radical (unpaired) electrons. The normalized spacial score (nSPS) is 12.0. The summed E-state index contributed by atoms with van der Waals surface area (Å²) in [6.45, 7) is 8.60. The van der Waals surface area contributed by atoms with Gasteiger partial charge in [-0.3, -0.25) is 0 Å². The molecule has 0 heterocycles. The Morgan fingerprint density at radius 1 is 0.765 bits per heavy atom. The van der Waals surface area contributed by atoms with Crippen LogP contribution in [0, 0.1) is 6.92 Å². The maximum Gasteiger partial charge on any atom is 0.0100 e. The van der Waals surface area contributed by atoms with Gasteiger partial charge in [-0.1, -0.05) is 85.0 Å². The van der Waals surface area contributed by atoms with Crippen molar-refractivity contribution in [2.24, 2.45) is 0 Å². The van der Waals surface area contributed by atoms with Crippen LogP contribution >= 0.6 is 11.8 Å². The fourth-order valence-corrected chi connectivity index (χ4v) is 2.42. The second-order valence-corrected chi connectivity index (χ2v) is 7.26. The lowest BCUT2D eigenvalue weighted by molar-refractivity contribution is 0.527. The summed E-state index contributed by atoms with van der Waals surface area (Å²) in [5, 5.41) is 0. The van der Waals surface area contributed by atoms with Gasteiger partial charge < -0.3 is 0 Å². The van der Waals surface area contributed by atoms with E-state index in [0.717, 1.165) is 6.42 Å². The zero-order valence-corrected chi connectivity index (χ0v) is 13.2. The highest BCUT2D eigenvalue weighted by Gasteiger charge is 2.14. The molecule has 0 N–H and O–H groups in total. The summed E-state index contributed by atoms with van der Waals surface area (Å²) >= 11 is 2.00. The molecule has 1 heteroatoms. The lowest BCUT2D eigenvalue weighted by Crippen LogP contribution is -2.13. The lowest BCUT2D eigenvalue weighted by atomic mass is 10.0. The van der Waals surface area contributed by atoms with Crippen molar-refractivity contribution in [1.82, 2.24) is 0 Å². The van der Waals surface area contributed by atoms with Crippen LogP contribution in [0.4, 0.5) is 0 Å². The molecule has 0 saturated carbocycles. The third-order valence-electron chi connectivity index (χ3n) is 3.58. The van der Waals surface area contributed by atoms with Gasteiger partial charge in [0.2, 0.25) is 0 Å². The highest BCUT2D eigenvalue weighted by molar-refractivity contribution is 7.99. The van der Waals surface area contributed by atoms with Gasteiger partial charge in [0.1, 0.15) is 0 Å². The molecule has 0 unspecified atom stereocenters. The maximum absolute atomic E-state index is 3.88. The maximum atomic E-state index is 3.88. The van der Waals surface area contributed by atoms with E-state index < -0.39 is 0 Å². The van der Waals surface area contributed by atoms with E-state index in [1.165, 1.54) is 64.2 Å². The number of unbranched alkanes of at least 4 members (excludes halogenated alkanes) is 9. The van der Waals surface area contributed by atoms with Crippen molar-refractivity contribution in [3.8, 4) is 0 Å². The fraction of sp³-hybridized carbons (Fsp3) is 0.938. The monoisotopic (exact) mass is 257 g/mol. The molecule has 0 aliphatic heterocycles. The van der Waals surface area contributed by atoms with Crippen molar-refractivity contribution in [3.63, 3.8) is 0 Å². The third-order valence-corrected chi connectivity index (χ3v) is 4.89. The fourth-order valence-electron chi connectivity index (χ4n) is 2.07. The van der Waals surface area contributed by atoms with Crippen LogP contribution in [0.2, 0.25) is 0 Å². The van der Waals surface area contributed by atoms with Crippen molar-refractivity contribution in [2.75, 3.05) is 6.26 Å². The van der Waals surface area contributed by atoms with Gasteiger partial charge in [0.15, 0.2) is 0 Å². The topological polar surface area (TPSA) is 0 Å². The first kappa shape index (κ1) is 17.4. The van der Waals surface area contributed by atoms with Crippen LogP contribution in [0.1, 0.15) is 84.5 Å². The van der Waals surface area contributed by atoms with E-state index in [1.54, 1.807) is 0 Å². The van der Waals surface area contributed by atoms with Crippen molar-refractivity contribution in [2.45, 2.75) is 89.2 Å². The molecule has 0 aliphatic carbocycles. The molecule has 0 amide bonds. The van der Waals surface area contributed by atoms with E-state index in [4.69, 9.17) is 0 Å². The Balaban J connectivity index is 3.09. The summed E-state index contributed by atoms with van der Waals surface area (Å²) in [4.78, 5) is 0. The molecule has 0 fully saturated rings. The minimum Gasteiger partial charge on any atom is -0.159 e. The molecule has 0 aromatic rings. The molecular formula is C16H33S. The smallest absolute Gasteiger partial charge is 0.0100 e. The largest absolute Gasteiger partial charge is 0.159 e. The van der Waals surface area contributed by atoms with Gasteiger partial charge in [0.25, 0.3) is 0 Å². The molecular weight excluding hydrogens is 224 g/mol. The van der Waals surface area contributed by atoms with Crippen molar-refractivity contribution in [3.05, 3.63) is 6.92 Å². The molecule has 0 rings (SSSR count). The van der Waals surface area contributed by atoms with Crippen LogP contribution in [0.15, 0.2) is 0 Å². The second-order valence-electron chi connectivity index (χ2n) is 5.75. The minimum atomic E-state index is 0.494. The van der Waals surface area contributed by atoms with Gasteiger partial charge in [-0.15, -0.1) is 0 Å². The highest BCUT2D eigenvalue weighted by atomic mass is 32.2. The van der Waals surface area contributed by atoms with Crippen LogP contribution in [0.25, 0.3) is 0 Å². The van der Waals surface area contributed by atoms with E-state index in [1.807, 2.05) is 11.8 Å². The Morgan fingerprint density at radius 3 is 1.59 bits per heavy atom. The molecule has 0 bridgehead atoms. The van der Waals surface area contributed by atoms with E-state index in [-0.39, 0.29) is 0 Å². The summed E-state index contributed by atoms with van der Waals surface area (Å²) in [6, 6.07) is 0. The van der Waals surface area contributed by atoms with Crippen LogP contribution in [-0.4, -0.2) is 11.0 Å². The first-order valence-electron chi connectivity index (χ1n) is 7.47. The van der Waals surface area contributed by atoms with Crippen LogP contribution in [0.5, 0.6) is 0 Å². The molecule has 0 aliphatic rings. The molecule has 0 nitrogen and oxygen atoms in total. The van der Waals surface area contributed by atoms with Crippen LogP contribution in [-0.2, 0) is 0 Å². The number of rotatable bonds is 12. The van der Waals surface area contributed by atoms with Gasteiger partial charge >= 0.3 is 0 Å². The van der Waals surface area contributed by atoms with E-state index in [2.05, 4.69) is 27.0 Å². The summed E-state index contributed by atoms with van der Waals surface area (Å²) in [6.07, 6.45) is 17.5. The molecule has 17 heavy (non-hydrogen) atoms. The Labute approximate surface area is 114 Å². The Bertz CT molecular complexity index is 152. The average Bonchev–Trinajstić information content (AvgIpc) is 2.31. The Kier molecular flexibility index (Phi) is 11.7. The Morgan fingerprint density at radius 2 is 1.18 bits per heavy atom. The quantitative estimate of drug-likeness (QED) is 0.372. The number of thioether (sulfide) groups is 1. The Hall–Kier alpha value is 0.350. The van der Waals surface area contributed by atoms with Gasteiger partial charge in [-0.2, -0.15) is 11.8 Å². The number of hydrogen-bond acceptors (Lipinski definition) is 1. The van der Waals surface area contributed by atoms with E-state index >= 15 is 0 Å². The molecule has 0 saturated heterocycles. The van der Waals surface area contributed by atoms with Gasteiger partial charge in [-0.05, 0) is 12.7 Å². The predicted octanol–water partition coefficient (Wildman–Crippen LogP) is 6.25. The minimum absolute atomic E-state index is 0.494. The van der Waals surface area contributed by atoms with Gasteiger partial charge in [0, 0.05) is 4.75 Å². The average molecular weight is 258 g/mol. The van der Waals surface area contributed by atoms with Crippen molar-refractivity contribution in [1.29, 1.82) is 0 Å². The second kappa shape index (κ2) is 11.4. The molecule has 0 aromatic heterocycles. The van der Waals surface area contributed by atoms with Gasteiger partial charge in [0.05, 0.1) is 0 Å². The molecule has 103 valence electrons. The van der Waals surface area contributed by atoms with Crippen LogP contribution in [0.3, 0.4) is 0 Å².